The van der Waals surface area contributed by atoms with Crippen LogP contribution in [0.15, 0.2) is 30.6 Å². The van der Waals surface area contributed by atoms with Crippen LogP contribution in [0.3, 0.4) is 0 Å². The van der Waals surface area contributed by atoms with Gasteiger partial charge < -0.3 is 4.57 Å². The van der Waals surface area contributed by atoms with Gasteiger partial charge in [-0.2, -0.15) is 5.26 Å². The number of ketones is 1. The minimum atomic E-state index is 0.0139. The number of hydrogen-bond donors (Lipinski definition) is 0. The van der Waals surface area contributed by atoms with E-state index in [4.69, 9.17) is 5.26 Å². The number of carbonyl (C=O) groups is 1. The lowest BCUT2D eigenvalue weighted by molar-refractivity contribution is 0.0971. The Labute approximate surface area is 106 Å². The molecule has 90 valence electrons. The van der Waals surface area contributed by atoms with Crippen molar-refractivity contribution in [2.24, 2.45) is 0 Å². The van der Waals surface area contributed by atoms with Gasteiger partial charge in [-0.3, -0.25) is 4.79 Å². The SMILES string of the molecule is Cc1ncn(CC(=O)c2ccc(C#N)cc2)c1C. The maximum Gasteiger partial charge on any atom is 0.182 e. The summed E-state index contributed by atoms with van der Waals surface area (Å²) in [6, 6.07) is 8.69. The summed E-state index contributed by atoms with van der Waals surface area (Å²) < 4.78 is 1.83. The smallest absolute Gasteiger partial charge is 0.182 e. The quantitative estimate of drug-likeness (QED) is 0.772. The normalized spacial score (nSPS) is 10.1. The summed E-state index contributed by atoms with van der Waals surface area (Å²) >= 11 is 0. The molecule has 0 aliphatic carbocycles. The van der Waals surface area contributed by atoms with E-state index < -0.39 is 0 Å². The van der Waals surface area contributed by atoms with Gasteiger partial charge >= 0.3 is 0 Å². The van der Waals surface area contributed by atoms with Gasteiger partial charge in [-0.1, -0.05) is 12.1 Å². The number of imidazole rings is 1. The minimum Gasteiger partial charge on any atom is -0.327 e. The number of aryl methyl sites for hydroxylation is 1. The van der Waals surface area contributed by atoms with Crippen LogP contribution in [0, 0.1) is 25.2 Å². The fraction of sp³-hybridized carbons (Fsp3) is 0.214. The standard InChI is InChI=1S/C14H13N3O/c1-10-11(2)17(9-16-10)8-14(18)13-5-3-12(7-15)4-6-13/h3-6,9H,8H2,1-2H3. The third-order valence-corrected chi connectivity index (χ3v) is 3.00. The predicted molar refractivity (Wildman–Crippen MR) is 67.2 cm³/mol. The average Bonchev–Trinajstić information content (AvgIpc) is 2.71. The van der Waals surface area contributed by atoms with Gasteiger partial charge in [0.15, 0.2) is 5.78 Å². The lowest BCUT2D eigenvalue weighted by Gasteiger charge is -2.05. The van der Waals surface area contributed by atoms with Crippen molar-refractivity contribution < 1.29 is 4.79 Å². The molecule has 0 unspecified atom stereocenters. The van der Waals surface area contributed by atoms with Gasteiger partial charge in [-0.05, 0) is 26.0 Å². The second-order valence-corrected chi connectivity index (χ2v) is 4.16. The molecule has 0 aliphatic rings. The zero-order chi connectivity index (χ0) is 13.1. The van der Waals surface area contributed by atoms with E-state index in [9.17, 15) is 4.79 Å². The van der Waals surface area contributed by atoms with Crippen molar-refractivity contribution in [1.82, 2.24) is 9.55 Å². The van der Waals surface area contributed by atoms with Gasteiger partial charge in [0.1, 0.15) is 0 Å². The zero-order valence-electron chi connectivity index (χ0n) is 10.3. The van der Waals surface area contributed by atoms with Gasteiger partial charge in [-0.25, -0.2) is 4.98 Å². The molecule has 1 heterocycles. The number of nitrogens with zero attached hydrogens (tertiary/aromatic N) is 3. The fourth-order valence-corrected chi connectivity index (χ4v) is 1.68. The first-order valence-electron chi connectivity index (χ1n) is 5.63. The fourth-order valence-electron chi connectivity index (χ4n) is 1.68. The topological polar surface area (TPSA) is 58.7 Å². The van der Waals surface area contributed by atoms with Crippen LogP contribution in [-0.2, 0) is 6.54 Å². The molecule has 0 radical (unpaired) electrons. The minimum absolute atomic E-state index is 0.0139. The molecular formula is C14H13N3O. The van der Waals surface area contributed by atoms with E-state index in [0.29, 0.717) is 11.1 Å². The molecule has 2 rings (SSSR count). The van der Waals surface area contributed by atoms with Crippen LogP contribution in [-0.4, -0.2) is 15.3 Å². The van der Waals surface area contributed by atoms with Crippen LogP contribution >= 0.6 is 0 Å². The Hall–Kier alpha value is -2.41. The first-order valence-corrected chi connectivity index (χ1v) is 5.63. The highest BCUT2D eigenvalue weighted by Crippen LogP contribution is 2.09. The molecule has 0 N–H and O–H groups in total. The van der Waals surface area contributed by atoms with E-state index in [0.717, 1.165) is 11.4 Å². The van der Waals surface area contributed by atoms with Crippen molar-refractivity contribution in [3.05, 3.63) is 53.1 Å². The van der Waals surface area contributed by atoms with Crippen LogP contribution in [0.1, 0.15) is 27.3 Å². The number of hydrogen-bond acceptors (Lipinski definition) is 3. The highest BCUT2D eigenvalue weighted by Gasteiger charge is 2.09. The van der Waals surface area contributed by atoms with Crippen LogP contribution in [0.5, 0.6) is 0 Å². The van der Waals surface area contributed by atoms with Crippen molar-refractivity contribution in [2.45, 2.75) is 20.4 Å². The molecule has 0 aliphatic heterocycles. The number of aromatic nitrogens is 2. The van der Waals surface area contributed by atoms with E-state index in [2.05, 4.69) is 4.98 Å². The van der Waals surface area contributed by atoms with E-state index in [1.165, 1.54) is 0 Å². The number of nitriles is 1. The van der Waals surface area contributed by atoms with Crippen molar-refractivity contribution >= 4 is 5.78 Å². The first-order chi connectivity index (χ1) is 8.61. The van der Waals surface area contributed by atoms with Crippen LogP contribution in [0.2, 0.25) is 0 Å². The van der Waals surface area contributed by atoms with E-state index in [1.807, 2.05) is 24.5 Å². The molecule has 0 amide bonds. The highest BCUT2D eigenvalue weighted by molar-refractivity contribution is 5.96. The molecule has 18 heavy (non-hydrogen) atoms. The van der Waals surface area contributed by atoms with Crippen molar-refractivity contribution in [1.29, 1.82) is 5.26 Å². The summed E-state index contributed by atoms with van der Waals surface area (Å²) in [7, 11) is 0. The molecule has 0 fully saturated rings. The maximum atomic E-state index is 12.0. The summed E-state index contributed by atoms with van der Waals surface area (Å²) in [5.41, 5.74) is 3.10. The van der Waals surface area contributed by atoms with Crippen molar-refractivity contribution in [3.63, 3.8) is 0 Å². The Bertz CT molecular complexity index is 617. The molecule has 0 bridgehead atoms. The monoisotopic (exact) mass is 239 g/mol. The lowest BCUT2D eigenvalue weighted by Crippen LogP contribution is -2.10. The molecule has 1 aromatic heterocycles. The number of benzene rings is 1. The summed E-state index contributed by atoms with van der Waals surface area (Å²) in [5.74, 6) is 0.0139. The van der Waals surface area contributed by atoms with Crippen molar-refractivity contribution in [3.8, 4) is 6.07 Å². The van der Waals surface area contributed by atoms with E-state index >= 15 is 0 Å². The van der Waals surface area contributed by atoms with Crippen LogP contribution < -0.4 is 0 Å². The lowest BCUT2D eigenvalue weighted by atomic mass is 10.1. The molecular weight excluding hydrogens is 226 g/mol. The summed E-state index contributed by atoms with van der Waals surface area (Å²) in [5, 5.41) is 8.69. The Kier molecular flexibility index (Phi) is 3.24. The van der Waals surface area contributed by atoms with Gasteiger partial charge in [0.05, 0.1) is 30.2 Å². The number of carbonyl (C=O) groups excluding carboxylic acids is 1. The summed E-state index contributed by atoms with van der Waals surface area (Å²) in [4.78, 5) is 16.2. The molecule has 0 saturated carbocycles. The van der Waals surface area contributed by atoms with Gasteiger partial charge in [0.25, 0.3) is 0 Å². The largest absolute Gasteiger partial charge is 0.327 e. The zero-order valence-corrected chi connectivity index (χ0v) is 10.3. The molecule has 0 atom stereocenters. The second kappa shape index (κ2) is 4.84. The molecule has 4 heteroatoms. The number of rotatable bonds is 3. The third-order valence-electron chi connectivity index (χ3n) is 3.00. The maximum absolute atomic E-state index is 12.0. The third kappa shape index (κ3) is 2.30. The first kappa shape index (κ1) is 12.1. The van der Waals surface area contributed by atoms with E-state index in [-0.39, 0.29) is 12.3 Å². The van der Waals surface area contributed by atoms with Gasteiger partial charge in [0.2, 0.25) is 0 Å². The summed E-state index contributed by atoms with van der Waals surface area (Å²) in [6.45, 7) is 4.13. The van der Waals surface area contributed by atoms with Crippen LogP contribution in [0.4, 0.5) is 0 Å². The molecule has 4 nitrogen and oxygen atoms in total. The predicted octanol–water partition coefficient (Wildman–Crippen LogP) is 2.25. The average molecular weight is 239 g/mol. The molecule has 2 aromatic rings. The summed E-state index contributed by atoms with van der Waals surface area (Å²) in [6.07, 6.45) is 1.67. The van der Waals surface area contributed by atoms with E-state index in [1.54, 1.807) is 30.6 Å². The molecule has 0 spiro atoms. The van der Waals surface area contributed by atoms with Crippen molar-refractivity contribution in [2.75, 3.05) is 0 Å². The van der Waals surface area contributed by atoms with Gasteiger partial charge in [-0.15, -0.1) is 0 Å². The van der Waals surface area contributed by atoms with Gasteiger partial charge in [0, 0.05) is 11.3 Å². The number of Topliss-reactive ketones (excluding diaryl/α,β-unsaturated/α-hetero) is 1. The Morgan fingerprint density at radius 1 is 1.33 bits per heavy atom. The Morgan fingerprint density at radius 3 is 2.50 bits per heavy atom. The highest BCUT2D eigenvalue weighted by atomic mass is 16.1. The Balaban J connectivity index is 2.17. The molecule has 1 aromatic carbocycles. The second-order valence-electron chi connectivity index (χ2n) is 4.16. The Morgan fingerprint density at radius 2 is 2.00 bits per heavy atom. The molecule has 0 saturated heterocycles. The van der Waals surface area contributed by atoms with Crippen LogP contribution in [0.25, 0.3) is 0 Å².